The highest BCUT2D eigenvalue weighted by molar-refractivity contribution is 5.85. The molecule has 22 heavy (non-hydrogen) atoms. The van der Waals surface area contributed by atoms with Gasteiger partial charge in [0.15, 0.2) is 0 Å². The Kier molecular flexibility index (Phi) is 5.29. The topological polar surface area (TPSA) is 3.24 Å². The molecule has 1 heteroatoms. The molecule has 1 aliphatic carbocycles. The van der Waals surface area contributed by atoms with Gasteiger partial charge in [-0.25, -0.2) is 0 Å². The van der Waals surface area contributed by atoms with Crippen molar-refractivity contribution in [2.24, 2.45) is 5.92 Å². The van der Waals surface area contributed by atoms with Crippen LogP contribution < -0.4 is 0 Å². The molecule has 0 N–H and O–H groups in total. The van der Waals surface area contributed by atoms with Gasteiger partial charge in [-0.15, -0.1) is 0 Å². The minimum absolute atomic E-state index is 0.833. The molecule has 1 fully saturated rings. The largest absolute Gasteiger partial charge is 0.298 e. The van der Waals surface area contributed by atoms with Crippen LogP contribution in [0.2, 0.25) is 0 Å². The lowest BCUT2D eigenvalue weighted by Crippen LogP contribution is -2.18. The molecular formula is C21H27N. The van der Waals surface area contributed by atoms with Crippen molar-refractivity contribution < 1.29 is 0 Å². The molecule has 2 aromatic carbocycles. The van der Waals surface area contributed by atoms with E-state index in [1.165, 1.54) is 48.4 Å². The van der Waals surface area contributed by atoms with Crippen molar-refractivity contribution in [3.05, 3.63) is 60.2 Å². The fourth-order valence-electron chi connectivity index (χ4n) is 3.55. The summed E-state index contributed by atoms with van der Waals surface area (Å²) in [5, 5.41) is 2.72. The number of benzene rings is 2. The van der Waals surface area contributed by atoms with E-state index in [1.54, 1.807) is 0 Å². The van der Waals surface area contributed by atoms with Crippen LogP contribution in [0.25, 0.3) is 10.8 Å². The van der Waals surface area contributed by atoms with Crippen molar-refractivity contribution in [1.82, 2.24) is 4.90 Å². The molecule has 0 spiro atoms. The van der Waals surface area contributed by atoms with Crippen LogP contribution in [0.1, 0.15) is 37.7 Å². The molecule has 116 valence electrons. The molecule has 0 atom stereocenters. The Labute approximate surface area is 134 Å². The van der Waals surface area contributed by atoms with Crippen LogP contribution in [0.5, 0.6) is 0 Å². The molecule has 0 saturated heterocycles. The fraction of sp³-hybridized carbons (Fsp3) is 0.429. The second-order valence-electron chi connectivity index (χ2n) is 6.66. The normalized spacial score (nSPS) is 16.8. The number of hydrogen-bond acceptors (Lipinski definition) is 1. The zero-order valence-corrected chi connectivity index (χ0v) is 13.7. The first-order valence-corrected chi connectivity index (χ1v) is 8.65. The van der Waals surface area contributed by atoms with Crippen LogP contribution in [0.3, 0.4) is 0 Å². The maximum Gasteiger partial charge on any atom is 0.0240 e. The number of likely N-dealkylation sites (N-methyl/N-ethyl adjacent to an activating group) is 1. The van der Waals surface area contributed by atoms with Crippen molar-refractivity contribution in [2.45, 2.75) is 38.6 Å². The molecule has 0 radical (unpaired) electrons. The molecule has 1 nitrogen and oxygen atoms in total. The Morgan fingerprint density at radius 2 is 1.77 bits per heavy atom. The SMILES string of the molecule is CN(C/C=C/C1CCCCC1)Cc1cccc2ccccc12. The van der Waals surface area contributed by atoms with Crippen LogP contribution >= 0.6 is 0 Å². The standard InChI is InChI=1S/C21H27N/c1-22(16-8-11-18-9-3-2-4-10-18)17-20-14-7-13-19-12-5-6-15-21(19)20/h5-8,11-15,18H,2-4,9-10,16-17H2,1H3/b11-8+. The van der Waals surface area contributed by atoms with Crippen molar-refractivity contribution in [1.29, 1.82) is 0 Å². The number of allylic oxidation sites excluding steroid dienone is 1. The average Bonchev–Trinajstić information content (AvgIpc) is 2.56. The van der Waals surface area contributed by atoms with Crippen LogP contribution in [-0.2, 0) is 6.54 Å². The minimum Gasteiger partial charge on any atom is -0.298 e. The van der Waals surface area contributed by atoms with E-state index in [4.69, 9.17) is 0 Å². The molecule has 3 rings (SSSR count). The highest BCUT2D eigenvalue weighted by Crippen LogP contribution is 2.24. The van der Waals surface area contributed by atoms with E-state index < -0.39 is 0 Å². The zero-order valence-electron chi connectivity index (χ0n) is 13.7. The average molecular weight is 293 g/mol. The summed E-state index contributed by atoms with van der Waals surface area (Å²) in [4.78, 5) is 2.40. The highest BCUT2D eigenvalue weighted by Gasteiger charge is 2.09. The predicted octanol–water partition coefficient (Wildman–Crippen LogP) is 5.41. The van der Waals surface area contributed by atoms with Gasteiger partial charge in [-0.05, 0) is 42.1 Å². The lowest BCUT2D eigenvalue weighted by atomic mass is 9.89. The molecular weight excluding hydrogens is 266 g/mol. The maximum absolute atomic E-state index is 2.46. The van der Waals surface area contributed by atoms with Crippen LogP contribution in [0.15, 0.2) is 54.6 Å². The van der Waals surface area contributed by atoms with E-state index in [-0.39, 0.29) is 0 Å². The van der Waals surface area contributed by atoms with Gasteiger partial charge in [-0.2, -0.15) is 0 Å². The summed E-state index contributed by atoms with van der Waals surface area (Å²) in [6.45, 7) is 2.05. The third-order valence-electron chi connectivity index (χ3n) is 4.80. The third kappa shape index (κ3) is 3.98. The Morgan fingerprint density at radius 1 is 1.00 bits per heavy atom. The van der Waals surface area contributed by atoms with Crippen LogP contribution in [0.4, 0.5) is 0 Å². The number of hydrogen-bond donors (Lipinski definition) is 0. The monoisotopic (exact) mass is 293 g/mol. The van der Waals surface area contributed by atoms with Gasteiger partial charge >= 0.3 is 0 Å². The zero-order chi connectivity index (χ0) is 15.2. The summed E-state index contributed by atoms with van der Waals surface area (Å²) in [5.41, 5.74) is 1.42. The van der Waals surface area contributed by atoms with Gasteiger partial charge in [0.05, 0.1) is 0 Å². The molecule has 1 saturated carbocycles. The molecule has 0 aliphatic heterocycles. The summed E-state index contributed by atoms with van der Waals surface area (Å²) in [6, 6.07) is 15.3. The molecule has 2 aromatic rings. The second-order valence-corrected chi connectivity index (χ2v) is 6.66. The van der Waals surface area contributed by atoms with Gasteiger partial charge < -0.3 is 0 Å². The number of fused-ring (bicyclic) bond motifs is 1. The summed E-state index contributed by atoms with van der Waals surface area (Å²) in [6.07, 6.45) is 11.9. The lowest BCUT2D eigenvalue weighted by Gasteiger charge is -2.19. The fourth-order valence-corrected chi connectivity index (χ4v) is 3.55. The van der Waals surface area contributed by atoms with E-state index in [0.29, 0.717) is 0 Å². The van der Waals surface area contributed by atoms with E-state index in [1.807, 2.05) is 0 Å². The molecule has 0 aromatic heterocycles. The number of rotatable bonds is 5. The highest BCUT2D eigenvalue weighted by atomic mass is 15.1. The maximum atomic E-state index is 2.46. The first-order chi connectivity index (χ1) is 10.8. The Bertz CT molecular complexity index is 617. The third-order valence-corrected chi connectivity index (χ3v) is 4.80. The summed E-state index contributed by atoms with van der Waals surface area (Å²) >= 11 is 0. The smallest absolute Gasteiger partial charge is 0.0240 e. The predicted molar refractivity (Wildman–Crippen MR) is 96.0 cm³/mol. The van der Waals surface area contributed by atoms with Gasteiger partial charge in [-0.1, -0.05) is 73.9 Å². The van der Waals surface area contributed by atoms with Gasteiger partial charge in [-0.3, -0.25) is 4.90 Å². The molecule has 0 bridgehead atoms. The van der Waals surface area contributed by atoms with Gasteiger partial charge in [0.2, 0.25) is 0 Å². The molecule has 0 unspecified atom stereocenters. The van der Waals surface area contributed by atoms with Crippen molar-refractivity contribution >= 4 is 10.8 Å². The second kappa shape index (κ2) is 7.60. The molecule has 1 aliphatic rings. The molecule has 0 heterocycles. The van der Waals surface area contributed by atoms with Crippen LogP contribution in [0, 0.1) is 5.92 Å². The minimum atomic E-state index is 0.833. The lowest BCUT2D eigenvalue weighted by molar-refractivity contribution is 0.362. The van der Waals surface area contributed by atoms with E-state index >= 15 is 0 Å². The van der Waals surface area contributed by atoms with E-state index in [0.717, 1.165) is 19.0 Å². The first-order valence-electron chi connectivity index (χ1n) is 8.65. The van der Waals surface area contributed by atoms with Gasteiger partial charge in [0, 0.05) is 13.1 Å². The Hall–Kier alpha value is -1.60. The number of nitrogens with zero attached hydrogens (tertiary/aromatic N) is 1. The first kappa shape index (κ1) is 15.3. The van der Waals surface area contributed by atoms with E-state index in [2.05, 4.69) is 66.6 Å². The quantitative estimate of drug-likeness (QED) is 0.666. The summed E-state index contributed by atoms with van der Waals surface area (Å²) in [7, 11) is 2.22. The van der Waals surface area contributed by atoms with Gasteiger partial charge in [0.25, 0.3) is 0 Å². The Morgan fingerprint density at radius 3 is 2.64 bits per heavy atom. The summed E-state index contributed by atoms with van der Waals surface area (Å²) < 4.78 is 0. The van der Waals surface area contributed by atoms with Crippen LogP contribution in [-0.4, -0.2) is 18.5 Å². The van der Waals surface area contributed by atoms with Crippen molar-refractivity contribution in [3.8, 4) is 0 Å². The van der Waals surface area contributed by atoms with Gasteiger partial charge in [0.1, 0.15) is 0 Å². The van der Waals surface area contributed by atoms with Crippen molar-refractivity contribution in [3.63, 3.8) is 0 Å². The molecule has 0 amide bonds. The Balaban J connectivity index is 1.58. The van der Waals surface area contributed by atoms with E-state index in [9.17, 15) is 0 Å². The van der Waals surface area contributed by atoms with Crippen molar-refractivity contribution in [2.75, 3.05) is 13.6 Å². The summed E-state index contributed by atoms with van der Waals surface area (Å²) in [5.74, 6) is 0.833.